The van der Waals surface area contributed by atoms with Gasteiger partial charge in [0.1, 0.15) is 17.2 Å². The molecule has 0 bridgehead atoms. The Morgan fingerprint density at radius 2 is 2.20 bits per heavy atom. The van der Waals surface area contributed by atoms with Crippen LogP contribution in [0.3, 0.4) is 0 Å². The quantitative estimate of drug-likeness (QED) is 0.757. The summed E-state index contributed by atoms with van der Waals surface area (Å²) in [6.45, 7) is 4.02. The summed E-state index contributed by atoms with van der Waals surface area (Å²) in [6.07, 6.45) is 4.16. The zero-order valence-corrected chi connectivity index (χ0v) is 14.6. The molecule has 25 heavy (non-hydrogen) atoms. The molecule has 0 radical (unpaired) electrons. The largest absolute Gasteiger partial charge is 0.497 e. The molecule has 0 saturated heterocycles. The number of aryl methyl sites for hydroxylation is 1. The van der Waals surface area contributed by atoms with Crippen LogP contribution in [0, 0.1) is 12.8 Å². The number of furan rings is 1. The van der Waals surface area contributed by atoms with Gasteiger partial charge in [0.25, 0.3) is 5.91 Å². The minimum absolute atomic E-state index is 0.266. The van der Waals surface area contributed by atoms with Crippen molar-refractivity contribution in [3.63, 3.8) is 0 Å². The summed E-state index contributed by atoms with van der Waals surface area (Å²) in [6, 6.07) is 7.62. The molecule has 1 aliphatic rings. The Bertz CT molecular complexity index is 937. The molecule has 1 fully saturated rings. The van der Waals surface area contributed by atoms with Gasteiger partial charge in [-0.25, -0.2) is 4.68 Å². The highest BCUT2D eigenvalue weighted by atomic mass is 16.5. The molecule has 1 N–H and O–H groups in total. The Balaban J connectivity index is 1.62. The molecule has 1 atom stereocenters. The summed E-state index contributed by atoms with van der Waals surface area (Å²) in [7, 11) is 1.62. The minimum atomic E-state index is -0.266. The maximum Gasteiger partial charge on any atom is 0.292 e. The number of anilines is 1. The Morgan fingerprint density at radius 1 is 1.40 bits per heavy atom. The first kappa shape index (κ1) is 15.7. The van der Waals surface area contributed by atoms with Gasteiger partial charge in [0.2, 0.25) is 0 Å². The van der Waals surface area contributed by atoms with Gasteiger partial charge in [-0.15, -0.1) is 0 Å². The fourth-order valence-corrected chi connectivity index (χ4v) is 3.23. The zero-order chi connectivity index (χ0) is 17.6. The van der Waals surface area contributed by atoms with Crippen LogP contribution in [-0.4, -0.2) is 22.8 Å². The van der Waals surface area contributed by atoms with Crippen molar-refractivity contribution < 1.29 is 13.9 Å². The number of nitrogens with one attached hydrogen (secondary N) is 1. The minimum Gasteiger partial charge on any atom is -0.497 e. The number of hydrogen-bond acceptors (Lipinski definition) is 4. The predicted octanol–water partition coefficient (Wildman–Crippen LogP) is 4.17. The molecule has 1 aliphatic carbocycles. The summed E-state index contributed by atoms with van der Waals surface area (Å²) in [5.41, 5.74) is 1.47. The number of nitrogens with zero attached hydrogens (tertiary/aromatic N) is 2. The standard InChI is InChI=1S/C19H21N3O3/c1-11-15-10-14(24-3)6-7-16(15)25-18(11)19(23)21-17-8-9-20-22(17)12(2)13-4-5-13/h6-10,12-13H,4-5H2,1-3H3,(H,21,23). The first-order chi connectivity index (χ1) is 12.1. The summed E-state index contributed by atoms with van der Waals surface area (Å²) in [5, 5.41) is 8.18. The van der Waals surface area contributed by atoms with Crippen LogP contribution >= 0.6 is 0 Å². The van der Waals surface area contributed by atoms with Crippen LogP contribution in [0.4, 0.5) is 5.82 Å². The SMILES string of the molecule is COc1ccc2oc(C(=O)Nc3ccnn3C(C)C3CC3)c(C)c2c1. The highest BCUT2D eigenvalue weighted by Gasteiger charge is 2.31. The van der Waals surface area contributed by atoms with E-state index in [2.05, 4.69) is 17.3 Å². The van der Waals surface area contributed by atoms with E-state index in [1.165, 1.54) is 12.8 Å². The topological polar surface area (TPSA) is 69.3 Å². The second-order valence-electron chi connectivity index (χ2n) is 6.61. The van der Waals surface area contributed by atoms with E-state index in [0.29, 0.717) is 23.1 Å². The third-order valence-corrected chi connectivity index (χ3v) is 4.95. The molecule has 0 spiro atoms. The van der Waals surface area contributed by atoms with Crippen LogP contribution in [0.15, 0.2) is 34.9 Å². The van der Waals surface area contributed by atoms with Gasteiger partial charge in [-0.05, 0) is 50.8 Å². The normalized spacial score (nSPS) is 15.3. The van der Waals surface area contributed by atoms with Crippen molar-refractivity contribution in [2.24, 2.45) is 5.92 Å². The predicted molar refractivity (Wildman–Crippen MR) is 95.1 cm³/mol. The molecule has 3 aromatic rings. The van der Waals surface area contributed by atoms with E-state index in [4.69, 9.17) is 9.15 Å². The molecular formula is C19H21N3O3. The van der Waals surface area contributed by atoms with E-state index in [-0.39, 0.29) is 11.9 Å². The van der Waals surface area contributed by atoms with Crippen molar-refractivity contribution in [1.29, 1.82) is 0 Å². The molecule has 2 aromatic heterocycles. The van der Waals surface area contributed by atoms with E-state index in [1.54, 1.807) is 13.3 Å². The molecule has 1 aromatic carbocycles. The average Bonchev–Trinajstić information content (AvgIpc) is 3.29. The summed E-state index contributed by atoms with van der Waals surface area (Å²) in [5.74, 6) is 2.13. The lowest BCUT2D eigenvalue weighted by atomic mass is 10.1. The van der Waals surface area contributed by atoms with Crippen molar-refractivity contribution >= 4 is 22.7 Å². The molecule has 130 valence electrons. The smallest absolute Gasteiger partial charge is 0.292 e. The van der Waals surface area contributed by atoms with Gasteiger partial charge in [0.15, 0.2) is 5.76 Å². The number of amides is 1. The molecule has 4 rings (SSSR count). The van der Waals surface area contributed by atoms with Crippen molar-refractivity contribution in [3.05, 3.63) is 41.8 Å². The van der Waals surface area contributed by atoms with Crippen molar-refractivity contribution in [2.75, 3.05) is 12.4 Å². The van der Waals surface area contributed by atoms with E-state index >= 15 is 0 Å². The van der Waals surface area contributed by atoms with Crippen LogP contribution < -0.4 is 10.1 Å². The molecule has 6 nitrogen and oxygen atoms in total. The van der Waals surface area contributed by atoms with Gasteiger partial charge in [0.05, 0.1) is 19.3 Å². The fraction of sp³-hybridized carbons (Fsp3) is 0.368. The number of carbonyl (C=O) groups excluding carboxylic acids is 1. The van der Waals surface area contributed by atoms with Gasteiger partial charge in [-0.2, -0.15) is 5.10 Å². The number of rotatable bonds is 5. The van der Waals surface area contributed by atoms with Gasteiger partial charge in [-0.1, -0.05) is 0 Å². The highest BCUT2D eigenvalue weighted by Crippen LogP contribution is 2.40. The lowest BCUT2D eigenvalue weighted by Gasteiger charge is -2.15. The Morgan fingerprint density at radius 3 is 2.92 bits per heavy atom. The molecule has 2 heterocycles. The first-order valence-corrected chi connectivity index (χ1v) is 8.50. The third-order valence-electron chi connectivity index (χ3n) is 4.95. The van der Waals surface area contributed by atoms with E-state index in [0.717, 1.165) is 16.7 Å². The maximum absolute atomic E-state index is 12.7. The first-order valence-electron chi connectivity index (χ1n) is 8.50. The van der Waals surface area contributed by atoms with Crippen LogP contribution in [0.1, 0.15) is 41.9 Å². The second kappa shape index (κ2) is 5.95. The van der Waals surface area contributed by atoms with Crippen LogP contribution in [-0.2, 0) is 0 Å². The van der Waals surface area contributed by atoms with Gasteiger partial charge in [-0.3, -0.25) is 4.79 Å². The van der Waals surface area contributed by atoms with Crippen LogP contribution in [0.25, 0.3) is 11.0 Å². The summed E-state index contributed by atoms with van der Waals surface area (Å²) >= 11 is 0. The number of aromatic nitrogens is 2. The summed E-state index contributed by atoms with van der Waals surface area (Å²) in [4.78, 5) is 12.7. The van der Waals surface area contributed by atoms with Crippen LogP contribution in [0.5, 0.6) is 5.75 Å². The summed E-state index contributed by atoms with van der Waals surface area (Å²) < 4.78 is 12.9. The van der Waals surface area contributed by atoms with E-state index in [1.807, 2.05) is 35.9 Å². The van der Waals surface area contributed by atoms with Gasteiger partial charge < -0.3 is 14.5 Å². The van der Waals surface area contributed by atoms with Crippen molar-refractivity contribution in [2.45, 2.75) is 32.7 Å². The second-order valence-corrected chi connectivity index (χ2v) is 6.61. The molecule has 6 heteroatoms. The maximum atomic E-state index is 12.7. The number of carbonyl (C=O) groups is 1. The Hall–Kier alpha value is -2.76. The Labute approximate surface area is 145 Å². The van der Waals surface area contributed by atoms with Crippen LogP contribution in [0.2, 0.25) is 0 Å². The Kier molecular flexibility index (Phi) is 3.75. The third kappa shape index (κ3) is 2.77. The molecule has 1 saturated carbocycles. The molecule has 1 amide bonds. The lowest BCUT2D eigenvalue weighted by molar-refractivity contribution is 0.0996. The van der Waals surface area contributed by atoms with Gasteiger partial charge >= 0.3 is 0 Å². The van der Waals surface area contributed by atoms with Crippen molar-refractivity contribution in [3.8, 4) is 5.75 Å². The number of ether oxygens (including phenoxy) is 1. The lowest BCUT2D eigenvalue weighted by Crippen LogP contribution is -2.18. The van der Waals surface area contributed by atoms with E-state index < -0.39 is 0 Å². The monoisotopic (exact) mass is 339 g/mol. The highest BCUT2D eigenvalue weighted by molar-refractivity contribution is 6.06. The number of methoxy groups -OCH3 is 1. The van der Waals surface area contributed by atoms with Crippen molar-refractivity contribution in [1.82, 2.24) is 9.78 Å². The molecular weight excluding hydrogens is 318 g/mol. The number of benzene rings is 1. The fourth-order valence-electron chi connectivity index (χ4n) is 3.23. The average molecular weight is 339 g/mol. The molecule has 0 aliphatic heterocycles. The van der Waals surface area contributed by atoms with E-state index in [9.17, 15) is 4.79 Å². The number of fused-ring (bicyclic) bond motifs is 1. The molecule has 1 unspecified atom stereocenters. The number of hydrogen-bond donors (Lipinski definition) is 1. The zero-order valence-electron chi connectivity index (χ0n) is 14.6. The van der Waals surface area contributed by atoms with Gasteiger partial charge in [0, 0.05) is 17.0 Å².